The minimum Gasteiger partial charge on any atom is -0.433 e. The quantitative estimate of drug-likeness (QED) is 0.260. The van der Waals surface area contributed by atoms with Crippen LogP contribution >= 0.6 is 0 Å². The first-order valence-corrected chi connectivity index (χ1v) is 3.26. The second-order valence-electron chi connectivity index (χ2n) is 1.83. The second kappa shape index (κ2) is 5.68. The van der Waals surface area contributed by atoms with Gasteiger partial charge in [0.25, 0.3) is 0 Å². The number of carbonyl (C=O) groups excluding carboxylic acids is 1. The topological polar surface area (TPSA) is 35.5 Å². The molecule has 0 aliphatic carbocycles. The number of esters is 1. The van der Waals surface area contributed by atoms with Crippen LogP contribution in [-0.2, 0) is 14.3 Å². The van der Waals surface area contributed by atoms with Crippen LogP contribution in [0.15, 0.2) is 25.3 Å². The molecule has 0 aliphatic heterocycles. The van der Waals surface area contributed by atoms with E-state index < -0.39 is 12.3 Å². The van der Waals surface area contributed by atoms with Crippen LogP contribution in [-0.4, -0.2) is 18.9 Å². The molecular weight excluding hydrogens is 144 g/mol. The highest BCUT2D eigenvalue weighted by atomic mass is 16.7. The van der Waals surface area contributed by atoms with E-state index in [4.69, 9.17) is 4.74 Å². The summed E-state index contributed by atoms with van der Waals surface area (Å²) < 4.78 is 9.63. The van der Waals surface area contributed by atoms with E-state index in [1.807, 2.05) is 0 Å². The molecule has 0 radical (unpaired) electrons. The normalized spacial score (nSPS) is 11.7. The molecule has 1 atom stereocenters. The molecule has 0 aromatic rings. The van der Waals surface area contributed by atoms with Crippen molar-refractivity contribution in [2.45, 2.75) is 13.2 Å². The maximum Gasteiger partial charge on any atom is 0.332 e. The summed E-state index contributed by atoms with van der Waals surface area (Å²) in [5.74, 6) is -0.485. The molecule has 62 valence electrons. The molecule has 0 rings (SSSR count). The third-order valence-electron chi connectivity index (χ3n) is 0.898. The van der Waals surface area contributed by atoms with Crippen LogP contribution < -0.4 is 0 Å². The summed E-state index contributed by atoms with van der Waals surface area (Å²) in [5.41, 5.74) is 0. The van der Waals surface area contributed by atoms with Crippen molar-refractivity contribution in [1.29, 1.82) is 0 Å². The lowest BCUT2D eigenvalue weighted by Crippen LogP contribution is -2.16. The van der Waals surface area contributed by atoms with Crippen molar-refractivity contribution in [2.75, 3.05) is 6.61 Å². The Labute approximate surface area is 66.3 Å². The van der Waals surface area contributed by atoms with Gasteiger partial charge in [0, 0.05) is 6.08 Å². The van der Waals surface area contributed by atoms with Gasteiger partial charge < -0.3 is 9.47 Å². The molecule has 0 amide bonds. The molecule has 0 N–H and O–H groups in total. The average molecular weight is 156 g/mol. The number of ether oxygens (including phenoxy) is 2. The highest BCUT2D eigenvalue weighted by Crippen LogP contribution is 1.94. The van der Waals surface area contributed by atoms with Crippen molar-refractivity contribution < 1.29 is 14.3 Å². The van der Waals surface area contributed by atoms with Crippen molar-refractivity contribution in [3.8, 4) is 0 Å². The summed E-state index contributed by atoms with van der Waals surface area (Å²) in [7, 11) is 0. The van der Waals surface area contributed by atoms with Gasteiger partial charge in [0.2, 0.25) is 6.29 Å². The number of rotatable bonds is 5. The van der Waals surface area contributed by atoms with Crippen LogP contribution in [0.1, 0.15) is 6.92 Å². The van der Waals surface area contributed by atoms with Gasteiger partial charge >= 0.3 is 5.97 Å². The average Bonchev–Trinajstić information content (AvgIpc) is 2.00. The fourth-order valence-electron chi connectivity index (χ4n) is 0.449. The Morgan fingerprint density at radius 2 is 2.27 bits per heavy atom. The minimum atomic E-state index is -0.543. The third kappa shape index (κ3) is 5.36. The van der Waals surface area contributed by atoms with Crippen molar-refractivity contribution in [2.24, 2.45) is 0 Å². The van der Waals surface area contributed by atoms with E-state index in [0.717, 1.165) is 6.08 Å². The predicted octanol–water partition coefficient (Wildman–Crippen LogP) is 1.26. The Morgan fingerprint density at radius 3 is 2.73 bits per heavy atom. The first kappa shape index (κ1) is 9.91. The molecule has 0 saturated heterocycles. The van der Waals surface area contributed by atoms with E-state index in [9.17, 15) is 4.79 Å². The SMILES string of the molecule is C=CCOC(C)OC(=O)C=C. The van der Waals surface area contributed by atoms with Crippen LogP contribution in [0.25, 0.3) is 0 Å². The van der Waals surface area contributed by atoms with Gasteiger partial charge in [0.1, 0.15) is 0 Å². The molecular formula is C8H12O3. The highest BCUT2D eigenvalue weighted by Gasteiger charge is 2.03. The standard InChI is InChI=1S/C8H12O3/c1-4-6-10-7(3)11-8(9)5-2/h4-5,7H,1-2,6H2,3H3. The molecule has 0 saturated carbocycles. The predicted molar refractivity (Wildman–Crippen MR) is 41.9 cm³/mol. The Balaban J connectivity index is 3.50. The van der Waals surface area contributed by atoms with E-state index in [1.165, 1.54) is 0 Å². The van der Waals surface area contributed by atoms with Crippen LogP contribution in [0.2, 0.25) is 0 Å². The summed E-state index contributed by atoms with van der Waals surface area (Å²) in [6.45, 7) is 8.69. The van der Waals surface area contributed by atoms with Gasteiger partial charge in [-0.25, -0.2) is 4.79 Å². The molecule has 0 fully saturated rings. The zero-order valence-corrected chi connectivity index (χ0v) is 6.58. The van der Waals surface area contributed by atoms with Gasteiger partial charge in [0.05, 0.1) is 6.61 Å². The summed E-state index contributed by atoms with van der Waals surface area (Å²) in [6.07, 6.45) is 2.13. The van der Waals surface area contributed by atoms with Crippen molar-refractivity contribution in [3.05, 3.63) is 25.3 Å². The summed E-state index contributed by atoms with van der Waals surface area (Å²) in [5, 5.41) is 0. The molecule has 11 heavy (non-hydrogen) atoms. The maximum atomic E-state index is 10.5. The molecule has 3 heteroatoms. The zero-order chi connectivity index (χ0) is 8.69. The number of hydrogen-bond acceptors (Lipinski definition) is 3. The highest BCUT2D eigenvalue weighted by molar-refractivity contribution is 5.81. The molecule has 0 aliphatic rings. The lowest BCUT2D eigenvalue weighted by Gasteiger charge is -2.10. The zero-order valence-electron chi connectivity index (χ0n) is 6.58. The molecule has 0 bridgehead atoms. The van der Waals surface area contributed by atoms with Gasteiger partial charge in [-0.05, 0) is 6.92 Å². The van der Waals surface area contributed by atoms with Crippen molar-refractivity contribution >= 4 is 5.97 Å². The van der Waals surface area contributed by atoms with E-state index in [1.54, 1.807) is 13.0 Å². The Hall–Kier alpha value is -1.09. The fourth-order valence-corrected chi connectivity index (χ4v) is 0.449. The van der Waals surface area contributed by atoms with E-state index in [0.29, 0.717) is 6.61 Å². The largest absolute Gasteiger partial charge is 0.433 e. The second-order valence-corrected chi connectivity index (χ2v) is 1.83. The smallest absolute Gasteiger partial charge is 0.332 e. The molecule has 3 nitrogen and oxygen atoms in total. The van der Waals surface area contributed by atoms with Gasteiger partial charge in [0.15, 0.2) is 0 Å². The molecule has 0 aromatic heterocycles. The van der Waals surface area contributed by atoms with Crippen LogP contribution in [0.3, 0.4) is 0 Å². The molecule has 1 unspecified atom stereocenters. The van der Waals surface area contributed by atoms with Crippen LogP contribution in [0.4, 0.5) is 0 Å². The lowest BCUT2D eigenvalue weighted by molar-refractivity contribution is -0.166. The number of carbonyl (C=O) groups is 1. The summed E-state index contributed by atoms with van der Waals surface area (Å²) >= 11 is 0. The number of hydrogen-bond donors (Lipinski definition) is 0. The van der Waals surface area contributed by atoms with E-state index in [-0.39, 0.29) is 0 Å². The summed E-state index contributed by atoms with van der Waals surface area (Å²) in [4.78, 5) is 10.5. The Kier molecular flexibility index (Phi) is 5.11. The monoisotopic (exact) mass is 156 g/mol. The Morgan fingerprint density at radius 1 is 1.64 bits per heavy atom. The molecule has 0 aromatic carbocycles. The first-order valence-electron chi connectivity index (χ1n) is 3.26. The molecule has 0 spiro atoms. The first-order chi connectivity index (χ1) is 5.20. The lowest BCUT2D eigenvalue weighted by atomic mass is 10.6. The van der Waals surface area contributed by atoms with Crippen LogP contribution in [0.5, 0.6) is 0 Å². The van der Waals surface area contributed by atoms with Gasteiger partial charge in [-0.3, -0.25) is 0 Å². The van der Waals surface area contributed by atoms with Crippen molar-refractivity contribution in [3.63, 3.8) is 0 Å². The Bertz CT molecular complexity index is 151. The van der Waals surface area contributed by atoms with Crippen LogP contribution in [0, 0.1) is 0 Å². The van der Waals surface area contributed by atoms with Gasteiger partial charge in [-0.1, -0.05) is 12.7 Å². The third-order valence-corrected chi connectivity index (χ3v) is 0.898. The van der Waals surface area contributed by atoms with E-state index in [2.05, 4.69) is 17.9 Å². The van der Waals surface area contributed by atoms with Gasteiger partial charge in [-0.15, -0.1) is 6.58 Å². The molecule has 0 heterocycles. The van der Waals surface area contributed by atoms with E-state index >= 15 is 0 Å². The van der Waals surface area contributed by atoms with Crippen molar-refractivity contribution in [1.82, 2.24) is 0 Å². The fraction of sp³-hybridized carbons (Fsp3) is 0.375. The maximum absolute atomic E-state index is 10.5. The minimum absolute atomic E-state index is 0.367. The van der Waals surface area contributed by atoms with Gasteiger partial charge in [-0.2, -0.15) is 0 Å². The summed E-state index contributed by atoms with van der Waals surface area (Å²) in [6, 6.07) is 0.